The van der Waals surface area contributed by atoms with Crippen molar-refractivity contribution < 1.29 is 19.4 Å². The summed E-state index contributed by atoms with van der Waals surface area (Å²) in [7, 11) is 1.56. The summed E-state index contributed by atoms with van der Waals surface area (Å²) in [6, 6.07) is 16.9. The van der Waals surface area contributed by atoms with E-state index in [4.69, 9.17) is 9.84 Å². The number of rotatable bonds is 8. The minimum absolute atomic E-state index is 0.0789. The van der Waals surface area contributed by atoms with Crippen LogP contribution in [0.25, 0.3) is 0 Å². The molecule has 0 aliphatic rings. The molecule has 0 heterocycles. The third-order valence-electron chi connectivity index (χ3n) is 3.70. The lowest BCUT2D eigenvalue weighted by Crippen LogP contribution is -2.33. The van der Waals surface area contributed by atoms with Crippen LogP contribution in [-0.4, -0.2) is 35.5 Å². The Kier molecular flexibility index (Phi) is 6.37. The van der Waals surface area contributed by atoms with Gasteiger partial charge in [-0.15, -0.1) is 0 Å². The van der Waals surface area contributed by atoms with Gasteiger partial charge in [0.05, 0.1) is 20.0 Å². The molecule has 0 saturated heterocycles. The standard InChI is InChI=1S/C19H21NO4/c1-24-17-10-6-5-9-16(17)13-18(21)20(12-11-19(22)23)14-15-7-3-2-4-8-15/h2-10H,11-14H2,1H3,(H,22,23). The van der Waals surface area contributed by atoms with Crippen molar-refractivity contribution in [3.05, 3.63) is 65.7 Å². The van der Waals surface area contributed by atoms with Gasteiger partial charge in [-0.1, -0.05) is 48.5 Å². The van der Waals surface area contributed by atoms with Gasteiger partial charge in [0, 0.05) is 18.7 Å². The van der Waals surface area contributed by atoms with Gasteiger partial charge in [-0.3, -0.25) is 9.59 Å². The largest absolute Gasteiger partial charge is 0.496 e. The van der Waals surface area contributed by atoms with Crippen molar-refractivity contribution in [2.75, 3.05) is 13.7 Å². The fraction of sp³-hybridized carbons (Fsp3) is 0.263. The second-order valence-corrected chi connectivity index (χ2v) is 5.43. The molecular formula is C19H21NO4. The Morgan fingerprint density at radius 1 is 1.04 bits per heavy atom. The van der Waals surface area contributed by atoms with Crippen LogP contribution in [0.15, 0.2) is 54.6 Å². The van der Waals surface area contributed by atoms with Crippen molar-refractivity contribution in [3.63, 3.8) is 0 Å². The first-order chi connectivity index (χ1) is 11.6. The van der Waals surface area contributed by atoms with Gasteiger partial charge < -0.3 is 14.7 Å². The van der Waals surface area contributed by atoms with Gasteiger partial charge in [-0.05, 0) is 11.6 Å². The molecule has 0 unspecified atom stereocenters. The number of hydrogen-bond donors (Lipinski definition) is 1. The van der Waals surface area contributed by atoms with Gasteiger partial charge in [0.1, 0.15) is 5.75 Å². The number of amides is 1. The van der Waals surface area contributed by atoms with Crippen LogP contribution in [0.2, 0.25) is 0 Å². The highest BCUT2D eigenvalue weighted by atomic mass is 16.5. The van der Waals surface area contributed by atoms with Crippen LogP contribution in [0.1, 0.15) is 17.5 Å². The predicted molar refractivity (Wildman–Crippen MR) is 90.8 cm³/mol. The minimum Gasteiger partial charge on any atom is -0.496 e. The minimum atomic E-state index is -0.918. The Hall–Kier alpha value is -2.82. The number of methoxy groups -OCH3 is 1. The van der Waals surface area contributed by atoms with Crippen molar-refractivity contribution in [3.8, 4) is 5.75 Å². The molecule has 0 saturated carbocycles. The van der Waals surface area contributed by atoms with Crippen molar-refractivity contribution in [2.24, 2.45) is 0 Å². The van der Waals surface area contributed by atoms with Crippen molar-refractivity contribution >= 4 is 11.9 Å². The lowest BCUT2D eigenvalue weighted by atomic mass is 10.1. The third kappa shape index (κ3) is 5.12. The Morgan fingerprint density at radius 2 is 1.71 bits per heavy atom. The summed E-state index contributed by atoms with van der Waals surface area (Å²) in [5.41, 5.74) is 1.76. The average molecular weight is 327 g/mol. The van der Waals surface area contributed by atoms with Crippen molar-refractivity contribution in [1.29, 1.82) is 0 Å². The molecule has 0 spiro atoms. The van der Waals surface area contributed by atoms with Crippen molar-refractivity contribution in [1.82, 2.24) is 4.90 Å². The van der Waals surface area contributed by atoms with Crippen LogP contribution >= 0.6 is 0 Å². The fourth-order valence-corrected chi connectivity index (χ4v) is 2.45. The van der Waals surface area contributed by atoms with E-state index in [1.165, 1.54) is 0 Å². The normalized spacial score (nSPS) is 10.2. The van der Waals surface area contributed by atoms with Crippen LogP contribution in [-0.2, 0) is 22.6 Å². The lowest BCUT2D eigenvalue weighted by Gasteiger charge is -2.22. The summed E-state index contributed by atoms with van der Waals surface area (Å²) in [4.78, 5) is 25.1. The van der Waals surface area contributed by atoms with Crippen LogP contribution in [0.5, 0.6) is 5.75 Å². The van der Waals surface area contributed by atoms with Crippen LogP contribution in [0.4, 0.5) is 0 Å². The maximum atomic E-state index is 12.7. The summed E-state index contributed by atoms with van der Waals surface area (Å²) >= 11 is 0. The molecule has 5 heteroatoms. The molecule has 0 bridgehead atoms. The lowest BCUT2D eigenvalue weighted by molar-refractivity contribution is -0.138. The van der Waals surface area contributed by atoms with Gasteiger partial charge >= 0.3 is 5.97 Å². The number of carbonyl (C=O) groups is 2. The summed E-state index contributed by atoms with van der Waals surface area (Å²) in [5, 5.41) is 8.92. The van der Waals surface area contributed by atoms with E-state index in [2.05, 4.69) is 0 Å². The van der Waals surface area contributed by atoms with E-state index >= 15 is 0 Å². The van der Waals surface area contributed by atoms with Gasteiger partial charge in [0.25, 0.3) is 0 Å². The zero-order chi connectivity index (χ0) is 17.4. The molecular weight excluding hydrogens is 306 g/mol. The first kappa shape index (κ1) is 17.5. The number of carboxylic acid groups (broad SMARTS) is 1. The highest BCUT2D eigenvalue weighted by molar-refractivity contribution is 5.80. The summed E-state index contributed by atoms with van der Waals surface area (Å²) in [6.45, 7) is 0.570. The number of hydrogen-bond acceptors (Lipinski definition) is 3. The van der Waals surface area contributed by atoms with Gasteiger partial charge in [0.15, 0.2) is 0 Å². The quantitative estimate of drug-likeness (QED) is 0.809. The number of carboxylic acids is 1. The average Bonchev–Trinajstić information content (AvgIpc) is 2.59. The fourth-order valence-electron chi connectivity index (χ4n) is 2.45. The number of benzene rings is 2. The highest BCUT2D eigenvalue weighted by Gasteiger charge is 2.17. The van der Waals surface area contributed by atoms with E-state index in [0.717, 1.165) is 11.1 Å². The molecule has 0 aliphatic heterocycles. The number of nitrogens with zero attached hydrogens (tertiary/aromatic N) is 1. The van der Waals surface area contributed by atoms with E-state index < -0.39 is 5.97 Å². The Bertz CT molecular complexity index is 685. The highest BCUT2D eigenvalue weighted by Crippen LogP contribution is 2.19. The molecule has 0 aromatic heterocycles. The molecule has 2 rings (SSSR count). The number of aliphatic carboxylic acids is 1. The van der Waals surface area contributed by atoms with Crippen molar-refractivity contribution in [2.45, 2.75) is 19.4 Å². The van der Waals surface area contributed by atoms with Crippen LogP contribution in [0, 0.1) is 0 Å². The van der Waals surface area contributed by atoms with E-state index in [-0.39, 0.29) is 25.3 Å². The topological polar surface area (TPSA) is 66.8 Å². The molecule has 2 aromatic carbocycles. The van der Waals surface area contributed by atoms with Gasteiger partial charge in [0.2, 0.25) is 5.91 Å². The first-order valence-electron chi connectivity index (χ1n) is 7.75. The number of para-hydroxylation sites is 1. The zero-order valence-electron chi connectivity index (χ0n) is 13.6. The molecule has 1 amide bonds. The Labute approximate surface area is 141 Å². The monoisotopic (exact) mass is 327 g/mol. The maximum absolute atomic E-state index is 12.7. The summed E-state index contributed by atoms with van der Waals surface area (Å²) in [5.74, 6) is -0.383. The van der Waals surface area contributed by atoms with E-state index in [0.29, 0.717) is 12.3 Å². The van der Waals surface area contributed by atoms with Gasteiger partial charge in [-0.2, -0.15) is 0 Å². The molecule has 0 atom stereocenters. The molecule has 0 radical (unpaired) electrons. The van der Waals surface area contributed by atoms with E-state index in [1.807, 2.05) is 48.5 Å². The molecule has 24 heavy (non-hydrogen) atoms. The number of carbonyl (C=O) groups excluding carboxylic acids is 1. The Morgan fingerprint density at radius 3 is 2.38 bits per heavy atom. The molecule has 0 fully saturated rings. The summed E-state index contributed by atoms with van der Waals surface area (Å²) in [6.07, 6.45) is 0.0982. The number of ether oxygens (including phenoxy) is 1. The molecule has 1 N–H and O–H groups in total. The van der Waals surface area contributed by atoms with E-state index in [1.54, 1.807) is 18.1 Å². The molecule has 126 valence electrons. The Balaban J connectivity index is 2.12. The summed E-state index contributed by atoms with van der Waals surface area (Å²) < 4.78 is 5.28. The first-order valence-corrected chi connectivity index (χ1v) is 7.75. The maximum Gasteiger partial charge on any atom is 0.305 e. The zero-order valence-corrected chi connectivity index (χ0v) is 13.6. The smallest absolute Gasteiger partial charge is 0.305 e. The second kappa shape index (κ2) is 8.72. The van der Waals surface area contributed by atoms with Crippen LogP contribution < -0.4 is 4.74 Å². The second-order valence-electron chi connectivity index (χ2n) is 5.43. The third-order valence-corrected chi connectivity index (χ3v) is 3.70. The predicted octanol–water partition coefficient (Wildman–Crippen LogP) is 2.74. The van der Waals surface area contributed by atoms with Gasteiger partial charge in [-0.25, -0.2) is 0 Å². The molecule has 0 aliphatic carbocycles. The molecule has 5 nitrogen and oxygen atoms in total. The van der Waals surface area contributed by atoms with E-state index in [9.17, 15) is 9.59 Å². The SMILES string of the molecule is COc1ccccc1CC(=O)N(CCC(=O)O)Cc1ccccc1. The molecule has 2 aromatic rings. The van der Waals surface area contributed by atoms with Crippen LogP contribution in [0.3, 0.4) is 0 Å².